The third kappa shape index (κ3) is 5.81. The largest absolute Gasteiger partial charge is 0.421 e. The van der Waals surface area contributed by atoms with Gasteiger partial charge in [-0.15, -0.1) is 0 Å². The van der Waals surface area contributed by atoms with Gasteiger partial charge in [-0.1, -0.05) is 34.1 Å². The highest BCUT2D eigenvalue weighted by atomic mass is 79.9. The zero-order valence-corrected chi connectivity index (χ0v) is 19.4. The zero-order valence-electron chi connectivity index (χ0n) is 14.6. The fraction of sp³-hybridized carbons (Fsp3) is 0. The molecule has 6 nitrogen and oxygen atoms in total. The number of aromatic nitrogens is 1. The maximum atomic E-state index is 12.4. The number of hydrogen-bond acceptors (Lipinski definition) is 5. The Bertz CT molecular complexity index is 1090. The van der Waals surface area contributed by atoms with Crippen LogP contribution in [-0.2, 0) is 0 Å². The maximum absolute atomic E-state index is 12.4. The van der Waals surface area contributed by atoms with E-state index in [4.69, 9.17) is 4.74 Å². The number of hydrazone groups is 1. The van der Waals surface area contributed by atoms with Crippen molar-refractivity contribution >= 4 is 65.9 Å². The molecular formula is C20H12Br3N3O3. The van der Waals surface area contributed by atoms with Gasteiger partial charge >= 0.3 is 5.97 Å². The molecule has 0 aliphatic rings. The summed E-state index contributed by atoms with van der Waals surface area (Å²) in [5, 5.41) is 3.97. The molecular weight excluding hydrogens is 570 g/mol. The zero-order chi connectivity index (χ0) is 20.8. The number of carbonyl (C=O) groups is 2. The normalized spacial score (nSPS) is 10.7. The van der Waals surface area contributed by atoms with Crippen LogP contribution in [0.15, 0.2) is 79.4 Å². The summed E-state index contributed by atoms with van der Waals surface area (Å²) in [5.74, 6) is -0.649. The number of rotatable bonds is 5. The summed E-state index contributed by atoms with van der Waals surface area (Å²) in [5.41, 5.74) is 3.68. The topological polar surface area (TPSA) is 80.6 Å². The van der Waals surface area contributed by atoms with Gasteiger partial charge < -0.3 is 4.74 Å². The van der Waals surface area contributed by atoms with Gasteiger partial charge in [0.15, 0.2) is 5.75 Å². The van der Waals surface area contributed by atoms with Crippen LogP contribution >= 0.6 is 47.8 Å². The number of nitrogens with one attached hydrogen (secondary N) is 1. The second-order valence-electron chi connectivity index (χ2n) is 5.65. The van der Waals surface area contributed by atoms with Crippen molar-refractivity contribution in [2.24, 2.45) is 5.10 Å². The monoisotopic (exact) mass is 579 g/mol. The highest BCUT2D eigenvalue weighted by Crippen LogP contribution is 2.32. The summed E-state index contributed by atoms with van der Waals surface area (Å²) in [6, 6.07) is 13.7. The van der Waals surface area contributed by atoms with E-state index in [1.54, 1.807) is 48.7 Å². The van der Waals surface area contributed by atoms with Crippen molar-refractivity contribution in [1.82, 2.24) is 10.4 Å². The number of pyridine rings is 1. The number of hydrogen-bond donors (Lipinski definition) is 1. The minimum absolute atomic E-state index is 0.282. The molecule has 0 radical (unpaired) electrons. The average molecular weight is 582 g/mol. The summed E-state index contributed by atoms with van der Waals surface area (Å²) in [6.45, 7) is 0. The molecule has 0 fully saturated rings. The van der Waals surface area contributed by atoms with Gasteiger partial charge in [0, 0.05) is 26.9 Å². The van der Waals surface area contributed by atoms with Crippen molar-refractivity contribution in [2.45, 2.75) is 0 Å². The molecule has 0 aliphatic heterocycles. The molecule has 2 aromatic carbocycles. The molecule has 1 heterocycles. The quantitative estimate of drug-likeness (QED) is 0.191. The molecule has 0 aliphatic carbocycles. The number of carbonyl (C=O) groups excluding carboxylic acids is 2. The number of halogens is 3. The molecule has 3 aromatic rings. The minimum Gasteiger partial charge on any atom is -0.421 e. The summed E-state index contributed by atoms with van der Waals surface area (Å²) in [4.78, 5) is 28.5. The Morgan fingerprint density at radius 3 is 2.45 bits per heavy atom. The van der Waals surface area contributed by atoms with E-state index in [9.17, 15) is 9.59 Å². The number of ether oxygens (including phenoxy) is 1. The van der Waals surface area contributed by atoms with Crippen LogP contribution in [0.25, 0.3) is 0 Å². The van der Waals surface area contributed by atoms with Crippen molar-refractivity contribution in [2.75, 3.05) is 0 Å². The number of amides is 1. The molecule has 1 amide bonds. The van der Waals surface area contributed by atoms with E-state index < -0.39 is 11.9 Å². The van der Waals surface area contributed by atoms with E-state index in [1.165, 1.54) is 12.4 Å². The standard InChI is InChI=1S/C20H12Br3N3O3/c21-15-6-13(10-25-26-19(27)14-7-16(22)11-24-9-14)18(17(23)8-15)29-20(28)12-4-2-1-3-5-12/h1-11H,(H,26,27)/b25-10+. The van der Waals surface area contributed by atoms with Crippen LogP contribution in [0.2, 0.25) is 0 Å². The molecule has 1 aromatic heterocycles. The summed E-state index contributed by atoms with van der Waals surface area (Å²) < 4.78 is 7.53. The molecule has 29 heavy (non-hydrogen) atoms. The maximum Gasteiger partial charge on any atom is 0.343 e. The molecule has 0 saturated heterocycles. The van der Waals surface area contributed by atoms with E-state index >= 15 is 0 Å². The second-order valence-corrected chi connectivity index (χ2v) is 8.34. The summed E-state index contributed by atoms with van der Waals surface area (Å²) in [7, 11) is 0. The van der Waals surface area contributed by atoms with E-state index in [-0.39, 0.29) is 5.75 Å². The van der Waals surface area contributed by atoms with Gasteiger partial charge in [-0.2, -0.15) is 5.10 Å². The molecule has 146 valence electrons. The van der Waals surface area contributed by atoms with Crippen molar-refractivity contribution in [3.63, 3.8) is 0 Å². The number of esters is 1. The second kappa shape index (κ2) is 9.91. The van der Waals surface area contributed by atoms with Crippen molar-refractivity contribution in [1.29, 1.82) is 0 Å². The molecule has 0 bridgehead atoms. The fourth-order valence-electron chi connectivity index (χ4n) is 2.27. The fourth-order valence-corrected chi connectivity index (χ4v) is 3.97. The van der Waals surface area contributed by atoms with Crippen LogP contribution in [0.1, 0.15) is 26.3 Å². The Morgan fingerprint density at radius 2 is 1.72 bits per heavy atom. The Labute approximate surface area is 191 Å². The predicted molar refractivity (Wildman–Crippen MR) is 120 cm³/mol. The van der Waals surface area contributed by atoms with Gasteiger partial charge in [-0.05, 0) is 62.2 Å². The summed E-state index contributed by atoms with van der Waals surface area (Å²) in [6.07, 6.45) is 4.40. The van der Waals surface area contributed by atoms with Crippen molar-refractivity contribution in [3.8, 4) is 5.75 Å². The molecule has 3 rings (SSSR count). The molecule has 0 saturated carbocycles. The summed E-state index contributed by atoms with van der Waals surface area (Å²) >= 11 is 10.0. The van der Waals surface area contributed by atoms with Gasteiger partial charge in [-0.25, -0.2) is 10.2 Å². The van der Waals surface area contributed by atoms with Crippen LogP contribution < -0.4 is 10.2 Å². The molecule has 0 atom stereocenters. The van der Waals surface area contributed by atoms with Crippen molar-refractivity contribution in [3.05, 3.63) is 91.0 Å². The van der Waals surface area contributed by atoms with Crippen molar-refractivity contribution < 1.29 is 14.3 Å². The smallest absolute Gasteiger partial charge is 0.343 e. The lowest BCUT2D eigenvalue weighted by Crippen LogP contribution is -2.18. The average Bonchev–Trinajstić information content (AvgIpc) is 2.71. The highest BCUT2D eigenvalue weighted by molar-refractivity contribution is 9.11. The lowest BCUT2D eigenvalue weighted by Gasteiger charge is -2.10. The Kier molecular flexibility index (Phi) is 7.29. The minimum atomic E-state index is -0.507. The first-order valence-electron chi connectivity index (χ1n) is 8.14. The number of benzene rings is 2. The van der Waals surface area contributed by atoms with Crippen LogP contribution in [0.3, 0.4) is 0 Å². The van der Waals surface area contributed by atoms with Gasteiger partial charge in [0.1, 0.15) is 0 Å². The Balaban J connectivity index is 1.80. The molecule has 0 unspecified atom stereocenters. The molecule has 0 spiro atoms. The van der Waals surface area contributed by atoms with E-state index in [2.05, 4.69) is 63.3 Å². The van der Waals surface area contributed by atoms with E-state index in [1.807, 2.05) is 6.07 Å². The van der Waals surface area contributed by atoms with Crippen LogP contribution in [0.4, 0.5) is 0 Å². The van der Waals surface area contributed by atoms with E-state index in [0.29, 0.717) is 25.6 Å². The first kappa shape index (κ1) is 21.4. The van der Waals surface area contributed by atoms with Gasteiger partial charge in [0.2, 0.25) is 0 Å². The predicted octanol–water partition coefficient (Wildman–Crippen LogP) is 5.35. The molecule has 9 heteroatoms. The first-order valence-corrected chi connectivity index (χ1v) is 10.5. The Hall–Kier alpha value is -2.36. The lowest BCUT2D eigenvalue weighted by molar-refractivity contribution is 0.0733. The van der Waals surface area contributed by atoms with Gasteiger partial charge in [0.05, 0.1) is 21.8 Å². The lowest BCUT2D eigenvalue weighted by atomic mass is 10.2. The van der Waals surface area contributed by atoms with Crippen LogP contribution in [0.5, 0.6) is 5.75 Å². The van der Waals surface area contributed by atoms with Gasteiger partial charge in [-0.3, -0.25) is 9.78 Å². The van der Waals surface area contributed by atoms with E-state index in [0.717, 1.165) is 4.47 Å². The highest BCUT2D eigenvalue weighted by Gasteiger charge is 2.15. The third-order valence-electron chi connectivity index (χ3n) is 3.58. The Morgan fingerprint density at radius 1 is 0.966 bits per heavy atom. The van der Waals surface area contributed by atoms with Crippen LogP contribution in [-0.4, -0.2) is 23.1 Å². The third-order valence-corrected chi connectivity index (χ3v) is 5.06. The van der Waals surface area contributed by atoms with Gasteiger partial charge in [0.25, 0.3) is 5.91 Å². The SMILES string of the molecule is O=C(N/N=C/c1cc(Br)cc(Br)c1OC(=O)c1ccccc1)c1cncc(Br)c1. The molecule has 1 N–H and O–H groups in total. The first-order chi connectivity index (χ1) is 13.9. The number of nitrogens with zero attached hydrogens (tertiary/aromatic N) is 2. The van der Waals surface area contributed by atoms with Crippen LogP contribution in [0, 0.1) is 0 Å².